The quantitative estimate of drug-likeness (QED) is 0.253. The third kappa shape index (κ3) is 3.66. The van der Waals surface area contributed by atoms with Gasteiger partial charge in [-0.25, -0.2) is 0 Å². The summed E-state index contributed by atoms with van der Waals surface area (Å²) in [5.41, 5.74) is 1.21. The number of ether oxygens (including phenoxy) is 1. The fraction of sp³-hybridized carbons (Fsp3) is 0.471. The van der Waals surface area contributed by atoms with Crippen molar-refractivity contribution < 1.29 is 9.53 Å². The second-order valence-corrected chi connectivity index (χ2v) is 6.56. The van der Waals surface area contributed by atoms with E-state index in [0.29, 0.717) is 6.61 Å². The molecule has 0 aliphatic carbocycles. The average molecular weight is 399 g/mol. The van der Waals surface area contributed by atoms with Crippen LogP contribution < -0.4 is 0 Å². The Kier molecular flexibility index (Phi) is 5.81. The Balaban J connectivity index is 2.32. The van der Waals surface area contributed by atoms with Crippen LogP contribution in [0.2, 0.25) is 0 Å². The summed E-state index contributed by atoms with van der Waals surface area (Å²) in [6.07, 6.45) is 4.30. The lowest BCUT2D eigenvalue weighted by Gasteiger charge is -2.42. The van der Waals surface area contributed by atoms with E-state index in [2.05, 4.69) is 65.6 Å². The summed E-state index contributed by atoms with van der Waals surface area (Å²) in [5.74, 6) is 0.0278. The number of rotatable bonds is 4. The number of benzene rings is 1. The van der Waals surface area contributed by atoms with Gasteiger partial charge in [-0.2, -0.15) is 0 Å². The molecule has 4 heteroatoms. The second kappa shape index (κ2) is 7.40. The molecule has 0 amide bonds. The minimum absolute atomic E-state index is 0.126. The SMILES string of the molecule is CCOC(=O)[C@@H]1[C@H](C)C=C[C@H](C)N1[C@H](I)c1ccccc1. The molecule has 1 aliphatic rings. The molecule has 1 aliphatic heterocycles. The van der Waals surface area contributed by atoms with Crippen LogP contribution in [0.1, 0.15) is 30.4 Å². The Labute approximate surface area is 140 Å². The first kappa shape index (κ1) is 16.5. The van der Waals surface area contributed by atoms with Crippen molar-refractivity contribution in [2.45, 2.75) is 36.9 Å². The summed E-state index contributed by atoms with van der Waals surface area (Å²) in [4.78, 5) is 14.6. The number of halogens is 1. The summed E-state index contributed by atoms with van der Waals surface area (Å²) in [6.45, 7) is 6.48. The van der Waals surface area contributed by atoms with Crippen molar-refractivity contribution >= 4 is 28.6 Å². The van der Waals surface area contributed by atoms with Crippen molar-refractivity contribution in [2.24, 2.45) is 5.92 Å². The van der Waals surface area contributed by atoms with Crippen LogP contribution in [0.15, 0.2) is 42.5 Å². The Bertz CT molecular complexity index is 503. The highest BCUT2D eigenvalue weighted by Gasteiger charge is 2.39. The summed E-state index contributed by atoms with van der Waals surface area (Å²) >= 11 is 2.41. The van der Waals surface area contributed by atoms with Gasteiger partial charge in [0.05, 0.1) is 10.7 Å². The van der Waals surface area contributed by atoms with Gasteiger partial charge in [0.15, 0.2) is 0 Å². The van der Waals surface area contributed by atoms with Gasteiger partial charge in [0.2, 0.25) is 0 Å². The van der Waals surface area contributed by atoms with Gasteiger partial charge >= 0.3 is 5.97 Å². The maximum atomic E-state index is 12.4. The average Bonchev–Trinajstić information content (AvgIpc) is 2.49. The zero-order valence-corrected chi connectivity index (χ0v) is 14.9. The third-order valence-corrected chi connectivity index (χ3v) is 5.21. The normalized spacial score (nSPS) is 27.3. The summed E-state index contributed by atoms with van der Waals surface area (Å²) < 4.78 is 5.44. The molecule has 0 spiro atoms. The van der Waals surface area contributed by atoms with Crippen molar-refractivity contribution in [2.75, 3.05) is 6.61 Å². The molecule has 4 atom stereocenters. The molecule has 0 radical (unpaired) electrons. The molecule has 0 N–H and O–H groups in total. The third-order valence-electron chi connectivity index (χ3n) is 3.85. The highest BCUT2D eigenvalue weighted by molar-refractivity contribution is 14.1. The van der Waals surface area contributed by atoms with E-state index in [4.69, 9.17) is 4.74 Å². The number of carbonyl (C=O) groups excluding carboxylic acids is 1. The number of carbonyl (C=O) groups is 1. The van der Waals surface area contributed by atoms with Gasteiger partial charge in [-0.05, 0) is 19.4 Å². The minimum atomic E-state index is -0.230. The van der Waals surface area contributed by atoms with Crippen LogP contribution in [0.4, 0.5) is 0 Å². The largest absolute Gasteiger partial charge is 0.465 e. The van der Waals surface area contributed by atoms with Crippen molar-refractivity contribution in [3.8, 4) is 0 Å². The standard InChI is InChI=1S/C17H22INO2/c1-4-21-17(20)15-12(2)10-11-13(3)19(15)16(18)14-8-6-5-7-9-14/h5-13,15-16H,4H2,1-3H3/t12-,13+,15+,16+/m1/s1. The second-order valence-electron chi connectivity index (χ2n) is 5.38. The van der Waals surface area contributed by atoms with E-state index in [9.17, 15) is 4.79 Å². The molecule has 21 heavy (non-hydrogen) atoms. The molecule has 0 saturated carbocycles. The van der Waals surface area contributed by atoms with Crippen LogP contribution in [-0.2, 0) is 9.53 Å². The number of hydrogen-bond donors (Lipinski definition) is 0. The fourth-order valence-corrected chi connectivity index (χ4v) is 4.03. The number of nitrogens with zero attached hydrogens (tertiary/aromatic N) is 1. The smallest absolute Gasteiger partial charge is 0.324 e. The predicted molar refractivity (Wildman–Crippen MR) is 93.2 cm³/mol. The number of hydrogen-bond acceptors (Lipinski definition) is 3. The lowest BCUT2D eigenvalue weighted by molar-refractivity contribution is -0.152. The maximum Gasteiger partial charge on any atom is 0.324 e. The lowest BCUT2D eigenvalue weighted by atomic mass is 9.92. The van der Waals surface area contributed by atoms with Crippen LogP contribution >= 0.6 is 22.6 Å². The fourth-order valence-electron chi connectivity index (χ4n) is 2.76. The number of alkyl halides is 1. The molecule has 0 unspecified atom stereocenters. The van der Waals surface area contributed by atoms with E-state index >= 15 is 0 Å². The van der Waals surface area contributed by atoms with Gasteiger partial charge in [-0.1, -0.05) is 72.0 Å². The molecule has 114 valence electrons. The Morgan fingerprint density at radius 2 is 1.95 bits per heavy atom. The number of esters is 1. The van der Waals surface area contributed by atoms with Crippen molar-refractivity contribution in [1.29, 1.82) is 0 Å². The van der Waals surface area contributed by atoms with E-state index in [0.717, 1.165) is 0 Å². The highest BCUT2D eigenvalue weighted by Crippen LogP contribution is 2.36. The Morgan fingerprint density at radius 3 is 2.57 bits per heavy atom. The van der Waals surface area contributed by atoms with Crippen LogP contribution in [0.5, 0.6) is 0 Å². The lowest BCUT2D eigenvalue weighted by Crippen LogP contribution is -2.52. The van der Waals surface area contributed by atoms with Gasteiger partial charge in [0.25, 0.3) is 0 Å². The Hall–Kier alpha value is -0.880. The molecule has 3 nitrogen and oxygen atoms in total. The van der Waals surface area contributed by atoms with Crippen molar-refractivity contribution in [3.63, 3.8) is 0 Å². The van der Waals surface area contributed by atoms with Gasteiger partial charge < -0.3 is 4.74 Å². The van der Waals surface area contributed by atoms with Crippen LogP contribution in [0, 0.1) is 5.92 Å². The zero-order chi connectivity index (χ0) is 15.4. The Morgan fingerprint density at radius 1 is 1.29 bits per heavy atom. The topological polar surface area (TPSA) is 29.5 Å². The van der Waals surface area contributed by atoms with E-state index in [1.54, 1.807) is 0 Å². The van der Waals surface area contributed by atoms with Crippen LogP contribution in [-0.4, -0.2) is 29.6 Å². The predicted octanol–water partition coefficient (Wildman–Crippen LogP) is 3.95. The van der Waals surface area contributed by atoms with Gasteiger partial charge in [0, 0.05) is 12.0 Å². The molecule has 1 aromatic carbocycles. The monoisotopic (exact) mass is 399 g/mol. The molecule has 2 rings (SSSR count). The first-order valence-electron chi connectivity index (χ1n) is 7.37. The van der Waals surface area contributed by atoms with E-state index < -0.39 is 0 Å². The maximum absolute atomic E-state index is 12.4. The van der Waals surface area contributed by atoms with Gasteiger partial charge in [-0.3, -0.25) is 9.69 Å². The van der Waals surface area contributed by atoms with E-state index in [1.807, 2.05) is 25.1 Å². The van der Waals surface area contributed by atoms with Crippen molar-refractivity contribution in [3.05, 3.63) is 48.0 Å². The van der Waals surface area contributed by atoms with Gasteiger partial charge in [-0.15, -0.1) is 0 Å². The molecule has 0 bridgehead atoms. The molecular formula is C17H22INO2. The zero-order valence-electron chi connectivity index (χ0n) is 12.7. The van der Waals surface area contributed by atoms with E-state index in [1.165, 1.54) is 5.56 Å². The minimum Gasteiger partial charge on any atom is -0.465 e. The molecule has 1 aromatic rings. The molecule has 0 saturated heterocycles. The highest BCUT2D eigenvalue weighted by atomic mass is 127. The van der Waals surface area contributed by atoms with Crippen LogP contribution in [0.3, 0.4) is 0 Å². The van der Waals surface area contributed by atoms with Crippen molar-refractivity contribution in [1.82, 2.24) is 4.90 Å². The molecule has 0 fully saturated rings. The summed E-state index contributed by atoms with van der Waals surface area (Å²) in [7, 11) is 0. The summed E-state index contributed by atoms with van der Waals surface area (Å²) in [5, 5.41) is 0. The molecular weight excluding hydrogens is 377 g/mol. The first-order valence-corrected chi connectivity index (χ1v) is 8.62. The molecule has 1 heterocycles. The summed E-state index contributed by atoms with van der Waals surface area (Å²) in [6, 6.07) is 10.3. The van der Waals surface area contributed by atoms with E-state index in [-0.39, 0.29) is 28.0 Å². The molecule has 0 aromatic heterocycles. The van der Waals surface area contributed by atoms with Crippen LogP contribution in [0.25, 0.3) is 0 Å². The first-order chi connectivity index (χ1) is 10.1. The van der Waals surface area contributed by atoms with Gasteiger partial charge in [0.1, 0.15) is 6.04 Å².